The van der Waals surface area contributed by atoms with Crippen LogP contribution in [0.1, 0.15) is 19.3 Å². The third kappa shape index (κ3) is 4.62. The fraction of sp³-hybridized carbons (Fsp3) is 0.600. The molecule has 0 radical (unpaired) electrons. The largest absolute Gasteiger partial charge is 0.353 e. The van der Waals surface area contributed by atoms with Gasteiger partial charge in [-0.15, -0.1) is 11.8 Å². The van der Waals surface area contributed by atoms with Crippen molar-refractivity contribution in [3.05, 3.63) is 24.3 Å². The highest BCUT2D eigenvalue weighted by atomic mass is 32.2. The molecular weight excluding hydrogens is 390 g/mol. The van der Waals surface area contributed by atoms with Gasteiger partial charge in [-0.2, -0.15) is 4.37 Å². The summed E-state index contributed by atoms with van der Waals surface area (Å²) in [4.78, 5) is 19.1. The van der Waals surface area contributed by atoms with Gasteiger partial charge in [-0.05, 0) is 43.1 Å². The van der Waals surface area contributed by atoms with Crippen LogP contribution < -0.4 is 10.6 Å². The molecule has 2 aliphatic rings. The number of anilines is 1. The van der Waals surface area contributed by atoms with E-state index in [0.29, 0.717) is 0 Å². The highest BCUT2D eigenvalue weighted by Crippen LogP contribution is 2.29. The van der Waals surface area contributed by atoms with Gasteiger partial charge < -0.3 is 15.5 Å². The summed E-state index contributed by atoms with van der Waals surface area (Å²) in [5.41, 5.74) is 6.11. The Morgan fingerprint density at radius 2 is 1.96 bits per heavy atom. The Kier molecular flexibility index (Phi) is 6.72. The molecule has 2 aliphatic heterocycles. The third-order valence-corrected chi connectivity index (χ3v) is 7.43. The van der Waals surface area contributed by atoms with Crippen molar-refractivity contribution in [1.29, 1.82) is 0 Å². The summed E-state index contributed by atoms with van der Waals surface area (Å²) >= 11 is 3.40. The van der Waals surface area contributed by atoms with Crippen LogP contribution in [-0.2, 0) is 4.79 Å². The number of fused-ring (bicyclic) bond motifs is 1. The predicted octanol–water partition coefficient (Wildman–Crippen LogP) is 2.45. The molecule has 1 amide bonds. The number of hydrogen-bond acceptors (Lipinski definition) is 7. The molecule has 1 atom stereocenters. The van der Waals surface area contributed by atoms with E-state index >= 15 is 0 Å². The maximum absolute atomic E-state index is 12.2. The number of unbranched alkanes of at least 4 members (excludes halogenated alkanes) is 1. The van der Waals surface area contributed by atoms with E-state index < -0.39 is 0 Å². The molecule has 0 spiro atoms. The first-order valence-corrected chi connectivity index (χ1v) is 12.1. The highest BCUT2D eigenvalue weighted by molar-refractivity contribution is 7.99. The Morgan fingerprint density at radius 1 is 1.14 bits per heavy atom. The fourth-order valence-electron chi connectivity index (χ4n) is 3.93. The van der Waals surface area contributed by atoms with Crippen LogP contribution in [0.25, 0.3) is 10.1 Å². The molecule has 4 rings (SSSR count). The Labute approximate surface area is 175 Å². The van der Waals surface area contributed by atoms with Crippen LogP contribution in [0.5, 0.6) is 0 Å². The number of thioether (sulfide) groups is 1. The van der Waals surface area contributed by atoms with Crippen molar-refractivity contribution in [2.45, 2.75) is 25.3 Å². The maximum atomic E-state index is 12.2. The topological polar surface area (TPSA) is 65.7 Å². The number of piperazine rings is 1. The van der Waals surface area contributed by atoms with Gasteiger partial charge in [0.2, 0.25) is 5.91 Å². The first kappa shape index (κ1) is 19.9. The van der Waals surface area contributed by atoms with Crippen LogP contribution in [0.2, 0.25) is 0 Å². The van der Waals surface area contributed by atoms with E-state index in [2.05, 4.69) is 38.4 Å². The Bertz CT molecular complexity index is 784. The highest BCUT2D eigenvalue weighted by Gasteiger charge is 2.24. The summed E-state index contributed by atoms with van der Waals surface area (Å²) in [7, 11) is 0. The molecule has 1 aromatic heterocycles. The van der Waals surface area contributed by atoms with Crippen LogP contribution in [0.4, 0.5) is 5.82 Å². The van der Waals surface area contributed by atoms with E-state index in [1.54, 1.807) is 11.5 Å². The summed E-state index contributed by atoms with van der Waals surface area (Å²) in [5, 5.41) is 1.27. The van der Waals surface area contributed by atoms with Crippen LogP contribution in [0.15, 0.2) is 24.3 Å². The summed E-state index contributed by atoms with van der Waals surface area (Å²) in [6.07, 6.45) is 2.92. The van der Waals surface area contributed by atoms with Crippen molar-refractivity contribution in [3.63, 3.8) is 0 Å². The summed E-state index contributed by atoms with van der Waals surface area (Å²) < 4.78 is 5.95. The van der Waals surface area contributed by atoms with Gasteiger partial charge in [-0.3, -0.25) is 9.69 Å². The number of aromatic nitrogens is 1. The van der Waals surface area contributed by atoms with E-state index in [4.69, 9.17) is 5.73 Å². The molecule has 2 fully saturated rings. The minimum Gasteiger partial charge on any atom is -0.353 e. The van der Waals surface area contributed by atoms with Crippen molar-refractivity contribution in [2.75, 3.05) is 55.8 Å². The molecule has 2 N–H and O–H groups in total. The molecule has 6 nitrogen and oxygen atoms in total. The molecular formula is C20H29N5OS2. The number of amides is 1. The van der Waals surface area contributed by atoms with Crippen LogP contribution in [0.3, 0.4) is 0 Å². The van der Waals surface area contributed by atoms with Crippen LogP contribution in [0, 0.1) is 0 Å². The summed E-state index contributed by atoms with van der Waals surface area (Å²) in [5.74, 6) is 3.13. The van der Waals surface area contributed by atoms with Gasteiger partial charge in [0, 0.05) is 43.9 Å². The van der Waals surface area contributed by atoms with Crippen molar-refractivity contribution < 1.29 is 4.79 Å². The van der Waals surface area contributed by atoms with Crippen LogP contribution in [-0.4, -0.2) is 77.0 Å². The van der Waals surface area contributed by atoms with Crippen molar-refractivity contribution in [2.24, 2.45) is 5.73 Å². The monoisotopic (exact) mass is 419 g/mol. The molecule has 3 heterocycles. The molecule has 8 heteroatoms. The van der Waals surface area contributed by atoms with Gasteiger partial charge in [-0.25, -0.2) is 0 Å². The van der Waals surface area contributed by atoms with Gasteiger partial charge in [0.15, 0.2) is 0 Å². The minimum atomic E-state index is -0.325. The molecule has 2 saturated heterocycles. The zero-order valence-electron chi connectivity index (χ0n) is 16.3. The number of benzene rings is 1. The second-order valence-corrected chi connectivity index (χ2v) is 9.45. The molecule has 0 bridgehead atoms. The quantitative estimate of drug-likeness (QED) is 0.696. The first-order chi connectivity index (χ1) is 13.7. The third-order valence-electron chi connectivity index (χ3n) is 5.65. The minimum absolute atomic E-state index is 0.133. The van der Waals surface area contributed by atoms with Crippen molar-refractivity contribution in [3.8, 4) is 0 Å². The normalized spacial score (nSPS) is 19.5. The SMILES string of the molecule is NC(CCCCN1CCN(c2nsc3ccccc23)CC1)C(=O)N1CCSC1. The van der Waals surface area contributed by atoms with E-state index in [0.717, 1.165) is 76.0 Å². The van der Waals surface area contributed by atoms with Crippen molar-refractivity contribution >= 4 is 45.1 Å². The van der Waals surface area contributed by atoms with Gasteiger partial charge in [0.1, 0.15) is 5.82 Å². The second-order valence-electron chi connectivity index (χ2n) is 7.57. The van der Waals surface area contributed by atoms with Gasteiger partial charge in [0.05, 0.1) is 16.6 Å². The number of carbonyl (C=O) groups excluding carboxylic acids is 1. The number of nitrogens with two attached hydrogens (primary N) is 1. The zero-order chi connectivity index (χ0) is 19.3. The van der Waals surface area contributed by atoms with E-state index in [1.165, 1.54) is 10.1 Å². The van der Waals surface area contributed by atoms with Gasteiger partial charge >= 0.3 is 0 Å². The average Bonchev–Trinajstić information content (AvgIpc) is 3.41. The lowest BCUT2D eigenvalue weighted by molar-refractivity contribution is -0.131. The average molecular weight is 420 g/mol. The lowest BCUT2D eigenvalue weighted by Gasteiger charge is -2.35. The Hall–Kier alpha value is -1.35. The Balaban J connectivity index is 1.16. The zero-order valence-corrected chi connectivity index (χ0v) is 17.9. The second kappa shape index (κ2) is 9.43. The molecule has 2 aromatic rings. The molecule has 28 heavy (non-hydrogen) atoms. The molecule has 152 valence electrons. The molecule has 0 saturated carbocycles. The number of nitrogens with zero attached hydrogens (tertiary/aromatic N) is 4. The molecule has 0 aliphatic carbocycles. The van der Waals surface area contributed by atoms with Gasteiger partial charge in [0.25, 0.3) is 0 Å². The van der Waals surface area contributed by atoms with E-state index in [1.807, 2.05) is 16.7 Å². The number of hydrogen-bond donors (Lipinski definition) is 1. The molecule has 1 unspecified atom stereocenters. The van der Waals surface area contributed by atoms with Crippen molar-refractivity contribution in [1.82, 2.24) is 14.2 Å². The fourth-order valence-corrected chi connectivity index (χ4v) is 5.68. The van der Waals surface area contributed by atoms with E-state index in [-0.39, 0.29) is 11.9 Å². The summed E-state index contributed by atoms with van der Waals surface area (Å²) in [6.45, 7) is 6.14. The predicted molar refractivity (Wildman–Crippen MR) is 119 cm³/mol. The van der Waals surface area contributed by atoms with Crippen LogP contribution >= 0.6 is 23.3 Å². The standard InChI is InChI=1S/C20H29N5OS2/c21-17(20(26)25-13-14-27-15-25)6-3-4-8-23-9-11-24(12-10-23)19-16-5-1-2-7-18(16)28-22-19/h1-2,5,7,17H,3-4,6,8-15,21H2. The number of rotatable bonds is 7. The lowest BCUT2D eigenvalue weighted by Crippen LogP contribution is -2.47. The van der Waals surface area contributed by atoms with Gasteiger partial charge in [-0.1, -0.05) is 18.6 Å². The maximum Gasteiger partial charge on any atom is 0.240 e. The van der Waals surface area contributed by atoms with E-state index in [9.17, 15) is 4.79 Å². The Morgan fingerprint density at radius 3 is 2.75 bits per heavy atom. The smallest absolute Gasteiger partial charge is 0.240 e. The first-order valence-electron chi connectivity index (χ1n) is 10.2. The summed E-state index contributed by atoms with van der Waals surface area (Å²) in [6, 6.07) is 8.16. The number of carbonyl (C=O) groups is 1. The lowest BCUT2D eigenvalue weighted by atomic mass is 10.1. The molecule has 1 aromatic carbocycles.